The third-order valence-corrected chi connectivity index (χ3v) is 4.25. The predicted octanol–water partition coefficient (Wildman–Crippen LogP) is 0.794. The van der Waals surface area contributed by atoms with Crippen molar-refractivity contribution in [1.82, 2.24) is 5.32 Å². The van der Waals surface area contributed by atoms with E-state index in [-0.39, 0.29) is 30.5 Å². The minimum absolute atomic E-state index is 0.0626. The normalized spacial score (nSPS) is 17.8. The number of benzene rings is 1. The van der Waals surface area contributed by atoms with E-state index in [9.17, 15) is 14.4 Å². The maximum absolute atomic E-state index is 12.1. The topological polar surface area (TPSA) is 112 Å². The number of ether oxygens (including phenoxy) is 1. The number of amides is 2. The Balaban J connectivity index is 1.63. The highest BCUT2D eigenvalue weighted by molar-refractivity contribution is 6.05. The van der Waals surface area contributed by atoms with E-state index < -0.39 is 18.5 Å². The van der Waals surface area contributed by atoms with E-state index in [2.05, 4.69) is 10.6 Å². The van der Waals surface area contributed by atoms with Crippen LogP contribution in [0.4, 0.5) is 11.4 Å². The molecule has 1 aromatic rings. The largest absolute Gasteiger partial charge is 0.452 e. The van der Waals surface area contributed by atoms with Crippen molar-refractivity contribution in [3.05, 3.63) is 23.8 Å². The lowest BCUT2D eigenvalue weighted by atomic mass is 10.1. The van der Waals surface area contributed by atoms with Gasteiger partial charge in [-0.25, -0.2) is 4.79 Å². The molecule has 2 N–H and O–H groups in total. The van der Waals surface area contributed by atoms with Crippen molar-refractivity contribution in [2.75, 3.05) is 29.9 Å². The number of nitrogens with zero attached hydrogens (tertiary/aromatic N) is 2. The van der Waals surface area contributed by atoms with E-state index in [4.69, 9.17) is 10.00 Å². The number of rotatable bonds is 5. The summed E-state index contributed by atoms with van der Waals surface area (Å²) in [6.45, 7) is 0.619. The van der Waals surface area contributed by atoms with E-state index in [0.717, 1.165) is 25.1 Å². The van der Waals surface area contributed by atoms with Gasteiger partial charge in [-0.1, -0.05) is 0 Å². The molecule has 2 amide bonds. The first-order chi connectivity index (χ1) is 12.1. The number of nitriles is 1. The van der Waals surface area contributed by atoms with Gasteiger partial charge in [0.05, 0.1) is 29.4 Å². The van der Waals surface area contributed by atoms with Crippen LogP contribution in [-0.4, -0.2) is 43.5 Å². The molecule has 0 saturated carbocycles. The number of hydrogen-bond donors (Lipinski definition) is 2. The molecule has 8 heteroatoms. The quantitative estimate of drug-likeness (QED) is 0.604. The minimum Gasteiger partial charge on any atom is -0.452 e. The summed E-state index contributed by atoms with van der Waals surface area (Å²) in [4.78, 5) is 37.7. The Morgan fingerprint density at radius 1 is 1.44 bits per heavy atom. The fourth-order valence-corrected chi connectivity index (χ4v) is 3.08. The number of hydrogen-bond acceptors (Lipinski definition) is 6. The molecule has 0 bridgehead atoms. The molecule has 0 unspecified atom stereocenters. The highest BCUT2D eigenvalue weighted by Crippen LogP contribution is 2.37. The highest BCUT2D eigenvalue weighted by Gasteiger charge is 2.36. The van der Waals surface area contributed by atoms with Gasteiger partial charge in [-0.3, -0.25) is 9.59 Å². The van der Waals surface area contributed by atoms with Crippen molar-refractivity contribution in [3.8, 4) is 6.07 Å². The Morgan fingerprint density at radius 3 is 3.08 bits per heavy atom. The molecule has 0 aliphatic carbocycles. The van der Waals surface area contributed by atoms with E-state index in [0.29, 0.717) is 5.69 Å². The van der Waals surface area contributed by atoms with Crippen molar-refractivity contribution < 1.29 is 19.1 Å². The molecular formula is C17H18N4O4. The van der Waals surface area contributed by atoms with Crippen LogP contribution in [0.25, 0.3) is 0 Å². The summed E-state index contributed by atoms with van der Waals surface area (Å²) in [5.41, 5.74) is 1.74. The van der Waals surface area contributed by atoms with Gasteiger partial charge in [0.1, 0.15) is 6.04 Å². The molecule has 1 fully saturated rings. The molecule has 1 aromatic carbocycles. The van der Waals surface area contributed by atoms with E-state index in [1.807, 2.05) is 11.0 Å². The van der Waals surface area contributed by atoms with Gasteiger partial charge in [0.15, 0.2) is 6.61 Å². The zero-order chi connectivity index (χ0) is 17.8. The van der Waals surface area contributed by atoms with Crippen LogP contribution in [-0.2, 0) is 14.3 Å². The standard InChI is InChI=1S/C17H18N4O4/c18-6-2-7-19-15(22)10-25-17(24)11-4-5-13-12(9-11)20-16(23)14-3-1-8-21(13)14/h4-5,9,14H,1-3,7-8,10H2,(H,19,22)(H,20,23)/t14-/m1/s1. The third-order valence-electron chi connectivity index (χ3n) is 4.25. The van der Waals surface area contributed by atoms with Crippen LogP contribution in [0.3, 0.4) is 0 Å². The second kappa shape index (κ2) is 7.21. The van der Waals surface area contributed by atoms with Crippen LogP contribution in [0.2, 0.25) is 0 Å². The summed E-state index contributed by atoms with van der Waals surface area (Å²) in [5.74, 6) is -1.17. The molecule has 130 valence electrons. The summed E-state index contributed by atoms with van der Waals surface area (Å²) >= 11 is 0. The van der Waals surface area contributed by atoms with Crippen LogP contribution in [0.5, 0.6) is 0 Å². The second-order valence-corrected chi connectivity index (χ2v) is 5.91. The lowest BCUT2D eigenvalue weighted by molar-refractivity contribution is -0.124. The van der Waals surface area contributed by atoms with Crippen LogP contribution < -0.4 is 15.5 Å². The van der Waals surface area contributed by atoms with Crippen LogP contribution in [0, 0.1) is 11.3 Å². The van der Waals surface area contributed by atoms with Crippen molar-refractivity contribution in [1.29, 1.82) is 5.26 Å². The average molecular weight is 342 g/mol. The molecule has 25 heavy (non-hydrogen) atoms. The Labute approximate surface area is 144 Å². The molecular weight excluding hydrogens is 324 g/mol. The van der Waals surface area contributed by atoms with Crippen molar-refractivity contribution >= 4 is 29.2 Å². The van der Waals surface area contributed by atoms with Crippen LogP contribution in [0.15, 0.2) is 18.2 Å². The van der Waals surface area contributed by atoms with Gasteiger partial charge < -0.3 is 20.3 Å². The number of esters is 1. The fraction of sp³-hybridized carbons (Fsp3) is 0.412. The summed E-state index contributed by atoms with van der Waals surface area (Å²) in [6, 6.07) is 6.75. The molecule has 3 rings (SSSR count). The van der Waals surface area contributed by atoms with E-state index in [1.165, 1.54) is 0 Å². The van der Waals surface area contributed by atoms with Gasteiger partial charge in [-0.2, -0.15) is 5.26 Å². The van der Waals surface area contributed by atoms with Crippen molar-refractivity contribution in [2.24, 2.45) is 0 Å². The lowest BCUT2D eigenvalue weighted by Gasteiger charge is -2.33. The first-order valence-corrected chi connectivity index (χ1v) is 8.12. The lowest BCUT2D eigenvalue weighted by Crippen LogP contribution is -2.43. The summed E-state index contributed by atoms with van der Waals surface area (Å²) in [5, 5.41) is 13.7. The van der Waals surface area contributed by atoms with Gasteiger partial charge in [-0.05, 0) is 31.0 Å². The molecule has 0 aromatic heterocycles. The Morgan fingerprint density at radius 2 is 2.28 bits per heavy atom. The Hall–Kier alpha value is -3.08. The maximum Gasteiger partial charge on any atom is 0.338 e. The summed E-state index contributed by atoms with van der Waals surface area (Å²) in [7, 11) is 0. The van der Waals surface area contributed by atoms with Gasteiger partial charge in [0, 0.05) is 13.1 Å². The number of fused-ring (bicyclic) bond motifs is 3. The van der Waals surface area contributed by atoms with Crippen LogP contribution >= 0.6 is 0 Å². The van der Waals surface area contributed by atoms with Crippen molar-refractivity contribution in [2.45, 2.75) is 25.3 Å². The molecule has 0 radical (unpaired) electrons. The van der Waals surface area contributed by atoms with E-state index in [1.54, 1.807) is 18.2 Å². The minimum atomic E-state index is -0.643. The third kappa shape index (κ3) is 3.55. The molecule has 1 saturated heterocycles. The zero-order valence-corrected chi connectivity index (χ0v) is 13.6. The molecule has 1 atom stereocenters. The number of carbonyl (C=O) groups is 3. The van der Waals surface area contributed by atoms with Crippen molar-refractivity contribution in [3.63, 3.8) is 0 Å². The second-order valence-electron chi connectivity index (χ2n) is 5.91. The predicted molar refractivity (Wildman–Crippen MR) is 89.0 cm³/mol. The molecule has 0 spiro atoms. The highest BCUT2D eigenvalue weighted by atomic mass is 16.5. The SMILES string of the molecule is N#CCCNC(=O)COC(=O)c1ccc2c(c1)NC(=O)[C@H]1CCCN21. The Kier molecular flexibility index (Phi) is 4.84. The maximum atomic E-state index is 12.1. The fourth-order valence-electron chi connectivity index (χ4n) is 3.08. The number of anilines is 2. The molecule has 2 aliphatic rings. The molecule has 2 aliphatic heterocycles. The van der Waals surface area contributed by atoms with Gasteiger partial charge >= 0.3 is 5.97 Å². The van der Waals surface area contributed by atoms with E-state index >= 15 is 0 Å². The Bertz CT molecular complexity index is 756. The van der Waals surface area contributed by atoms with Gasteiger partial charge in [0.2, 0.25) is 5.91 Å². The first-order valence-electron chi connectivity index (χ1n) is 8.12. The molecule has 8 nitrogen and oxygen atoms in total. The first kappa shape index (κ1) is 16.8. The average Bonchev–Trinajstić information content (AvgIpc) is 3.10. The van der Waals surface area contributed by atoms with Crippen LogP contribution in [0.1, 0.15) is 29.6 Å². The number of carbonyl (C=O) groups excluding carboxylic acids is 3. The monoisotopic (exact) mass is 342 g/mol. The summed E-state index contributed by atoms with van der Waals surface area (Å²) < 4.78 is 4.96. The van der Waals surface area contributed by atoms with Gasteiger partial charge in [0.25, 0.3) is 5.91 Å². The smallest absolute Gasteiger partial charge is 0.338 e. The summed E-state index contributed by atoms with van der Waals surface area (Å²) in [6.07, 6.45) is 1.99. The zero-order valence-electron chi connectivity index (χ0n) is 13.6. The molecule has 2 heterocycles. The number of nitrogens with one attached hydrogen (secondary N) is 2. The van der Waals surface area contributed by atoms with Gasteiger partial charge in [-0.15, -0.1) is 0 Å².